The molecule has 1 aliphatic rings. The molecule has 0 spiro atoms. The van der Waals surface area contributed by atoms with Crippen LogP contribution in [0.15, 0.2) is 22.7 Å². The van der Waals surface area contributed by atoms with Crippen LogP contribution in [-0.2, 0) is 0 Å². The summed E-state index contributed by atoms with van der Waals surface area (Å²) in [5, 5.41) is 6.89. The second kappa shape index (κ2) is 6.39. The van der Waals surface area contributed by atoms with Crippen LogP contribution in [0.3, 0.4) is 0 Å². The average molecular weight is 359 g/mol. The maximum absolute atomic E-state index is 13.8. The highest BCUT2D eigenvalue weighted by Gasteiger charge is 2.37. The van der Waals surface area contributed by atoms with Gasteiger partial charge in [0, 0.05) is 10.0 Å². The van der Waals surface area contributed by atoms with Gasteiger partial charge in [-0.15, -0.1) is 0 Å². The molecule has 1 aliphatic carbocycles. The number of halogens is 2. The van der Waals surface area contributed by atoms with Crippen LogP contribution < -0.4 is 10.6 Å². The van der Waals surface area contributed by atoms with E-state index >= 15 is 0 Å². The SMILES string of the molecule is CC(C)C1(NC(=S)Nc2ccc(Br)cc2F)CCCC1. The molecule has 0 radical (unpaired) electrons. The number of thiocarbonyl (C=S) groups is 1. The summed E-state index contributed by atoms with van der Waals surface area (Å²) in [6.45, 7) is 4.42. The van der Waals surface area contributed by atoms with Gasteiger partial charge in [0.2, 0.25) is 0 Å². The van der Waals surface area contributed by atoms with Crippen LogP contribution in [0.2, 0.25) is 0 Å². The Morgan fingerprint density at radius 1 is 1.35 bits per heavy atom. The van der Waals surface area contributed by atoms with Crippen molar-refractivity contribution in [3.8, 4) is 0 Å². The molecule has 1 aromatic rings. The van der Waals surface area contributed by atoms with Gasteiger partial charge in [0.05, 0.1) is 5.69 Å². The van der Waals surface area contributed by atoms with E-state index in [1.165, 1.54) is 18.9 Å². The van der Waals surface area contributed by atoms with Gasteiger partial charge in [0.15, 0.2) is 5.11 Å². The number of nitrogens with one attached hydrogen (secondary N) is 2. The molecule has 0 amide bonds. The monoisotopic (exact) mass is 358 g/mol. The predicted octanol–water partition coefficient (Wildman–Crippen LogP) is 4.84. The summed E-state index contributed by atoms with van der Waals surface area (Å²) in [6.07, 6.45) is 4.69. The highest BCUT2D eigenvalue weighted by molar-refractivity contribution is 9.10. The maximum Gasteiger partial charge on any atom is 0.171 e. The third kappa shape index (κ3) is 3.50. The molecule has 1 aromatic carbocycles. The van der Waals surface area contributed by atoms with Gasteiger partial charge in [-0.3, -0.25) is 0 Å². The van der Waals surface area contributed by atoms with Gasteiger partial charge in [-0.25, -0.2) is 4.39 Å². The van der Waals surface area contributed by atoms with Crippen molar-refractivity contribution in [2.24, 2.45) is 5.92 Å². The first-order valence-corrected chi connectivity index (χ1v) is 8.17. The zero-order chi connectivity index (χ0) is 14.8. The Morgan fingerprint density at radius 2 is 2.00 bits per heavy atom. The lowest BCUT2D eigenvalue weighted by atomic mass is 9.85. The maximum atomic E-state index is 13.8. The second-order valence-corrected chi connectivity index (χ2v) is 7.05. The molecule has 0 aliphatic heterocycles. The summed E-state index contributed by atoms with van der Waals surface area (Å²) in [6, 6.07) is 4.91. The van der Waals surface area contributed by atoms with E-state index in [0.717, 1.165) is 12.8 Å². The van der Waals surface area contributed by atoms with Crippen molar-refractivity contribution in [3.63, 3.8) is 0 Å². The van der Waals surface area contributed by atoms with E-state index in [0.29, 0.717) is 21.2 Å². The van der Waals surface area contributed by atoms with E-state index in [1.54, 1.807) is 12.1 Å². The van der Waals surface area contributed by atoms with Gasteiger partial charge in [0.1, 0.15) is 5.82 Å². The smallest absolute Gasteiger partial charge is 0.171 e. The van der Waals surface area contributed by atoms with Crippen LogP contribution in [0.4, 0.5) is 10.1 Å². The van der Waals surface area contributed by atoms with Crippen molar-refractivity contribution in [1.29, 1.82) is 0 Å². The fourth-order valence-corrected chi connectivity index (χ4v) is 3.47. The lowest BCUT2D eigenvalue weighted by Gasteiger charge is -2.35. The normalized spacial score (nSPS) is 17.2. The Labute approximate surface area is 133 Å². The van der Waals surface area contributed by atoms with Gasteiger partial charge in [-0.1, -0.05) is 42.6 Å². The zero-order valence-corrected chi connectivity index (χ0v) is 14.2. The number of rotatable bonds is 3. The number of anilines is 1. The quantitative estimate of drug-likeness (QED) is 0.755. The summed E-state index contributed by atoms with van der Waals surface area (Å²) in [5.41, 5.74) is 0.457. The molecule has 0 bridgehead atoms. The fourth-order valence-electron chi connectivity index (χ4n) is 2.82. The van der Waals surface area contributed by atoms with Crippen LogP contribution in [0.5, 0.6) is 0 Å². The van der Waals surface area contributed by atoms with Crippen LogP contribution >= 0.6 is 28.1 Å². The Kier molecular flexibility index (Phi) is 5.02. The van der Waals surface area contributed by atoms with E-state index in [2.05, 4.69) is 40.4 Å². The molecule has 1 saturated carbocycles. The second-order valence-electron chi connectivity index (χ2n) is 5.72. The first-order valence-electron chi connectivity index (χ1n) is 6.97. The van der Waals surface area contributed by atoms with E-state index < -0.39 is 0 Å². The largest absolute Gasteiger partial charge is 0.357 e. The van der Waals surface area contributed by atoms with Gasteiger partial charge in [-0.05, 0) is 49.2 Å². The third-order valence-electron chi connectivity index (χ3n) is 4.14. The van der Waals surface area contributed by atoms with Gasteiger partial charge in [-0.2, -0.15) is 0 Å². The molecule has 5 heteroatoms. The van der Waals surface area contributed by atoms with E-state index in [1.807, 2.05) is 0 Å². The molecule has 20 heavy (non-hydrogen) atoms. The molecule has 0 unspecified atom stereocenters. The molecule has 2 N–H and O–H groups in total. The third-order valence-corrected chi connectivity index (χ3v) is 4.84. The standard InChI is InChI=1S/C15H20BrFN2S/c1-10(2)15(7-3-4-8-15)19-14(20)18-13-6-5-11(16)9-12(13)17/h5-6,9-10H,3-4,7-8H2,1-2H3,(H2,18,19,20). The van der Waals surface area contributed by atoms with Crippen molar-refractivity contribution < 1.29 is 4.39 Å². The van der Waals surface area contributed by atoms with Crippen LogP contribution in [0.1, 0.15) is 39.5 Å². The summed E-state index contributed by atoms with van der Waals surface area (Å²) in [5.74, 6) is 0.188. The molecule has 0 atom stereocenters. The minimum atomic E-state index is -0.312. The molecule has 2 rings (SSSR count). The van der Waals surface area contributed by atoms with E-state index in [9.17, 15) is 4.39 Å². The number of hydrogen-bond acceptors (Lipinski definition) is 1. The minimum absolute atomic E-state index is 0.0515. The Bertz CT molecular complexity index is 499. The predicted molar refractivity (Wildman–Crippen MR) is 89.5 cm³/mol. The molecule has 2 nitrogen and oxygen atoms in total. The van der Waals surface area contributed by atoms with E-state index in [4.69, 9.17) is 12.2 Å². The fraction of sp³-hybridized carbons (Fsp3) is 0.533. The summed E-state index contributed by atoms with van der Waals surface area (Å²) in [7, 11) is 0. The topological polar surface area (TPSA) is 24.1 Å². The molecule has 110 valence electrons. The molecular formula is C15H20BrFN2S. The van der Waals surface area contributed by atoms with Crippen molar-refractivity contribution >= 4 is 38.9 Å². The molecule has 0 aromatic heterocycles. The first kappa shape index (κ1) is 15.7. The zero-order valence-electron chi connectivity index (χ0n) is 11.8. The Morgan fingerprint density at radius 3 is 2.55 bits per heavy atom. The molecule has 0 heterocycles. The molecule has 0 saturated heterocycles. The Balaban J connectivity index is 2.05. The van der Waals surface area contributed by atoms with Crippen LogP contribution in [0.25, 0.3) is 0 Å². The van der Waals surface area contributed by atoms with E-state index in [-0.39, 0.29) is 11.4 Å². The van der Waals surface area contributed by atoms with Crippen molar-refractivity contribution in [2.75, 3.05) is 5.32 Å². The summed E-state index contributed by atoms with van der Waals surface area (Å²) >= 11 is 8.60. The van der Waals surface area contributed by atoms with Crippen molar-refractivity contribution in [1.82, 2.24) is 5.32 Å². The van der Waals surface area contributed by atoms with Crippen molar-refractivity contribution in [3.05, 3.63) is 28.5 Å². The minimum Gasteiger partial charge on any atom is -0.357 e. The first-order chi connectivity index (χ1) is 9.43. The highest BCUT2D eigenvalue weighted by atomic mass is 79.9. The summed E-state index contributed by atoms with van der Waals surface area (Å²) in [4.78, 5) is 0. The number of benzene rings is 1. The van der Waals surface area contributed by atoms with Gasteiger partial charge >= 0.3 is 0 Å². The summed E-state index contributed by atoms with van der Waals surface area (Å²) < 4.78 is 14.5. The molecule has 1 fully saturated rings. The van der Waals surface area contributed by atoms with Crippen LogP contribution in [0, 0.1) is 11.7 Å². The Hall–Kier alpha value is -0.680. The highest BCUT2D eigenvalue weighted by Crippen LogP contribution is 2.36. The van der Waals surface area contributed by atoms with Gasteiger partial charge < -0.3 is 10.6 Å². The molecular weight excluding hydrogens is 339 g/mol. The van der Waals surface area contributed by atoms with Gasteiger partial charge in [0.25, 0.3) is 0 Å². The van der Waals surface area contributed by atoms with Crippen LogP contribution in [-0.4, -0.2) is 10.7 Å². The van der Waals surface area contributed by atoms with Crippen molar-refractivity contribution in [2.45, 2.75) is 45.1 Å². The number of hydrogen-bond donors (Lipinski definition) is 2. The average Bonchev–Trinajstić information content (AvgIpc) is 2.82. The lowest BCUT2D eigenvalue weighted by Crippen LogP contribution is -2.51. The lowest BCUT2D eigenvalue weighted by molar-refractivity contribution is 0.283.